The Kier molecular flexibility index (Phi) is 5.31. The normalized spacial score (nSPS) is 12.0. The molecule has 4 nitrogen and oxygen atoms in total. The molecule has 0 saturated carbocycles. The third-order valence-corrected chi connectivity index (χ3v) is 3.75. The van der Waals surface area contributed by atoms with Crippen LogP contribution in [-0.2, 0) is 0 Å². The number of rotatable bonds is 5. The molecule has 0 heterocycles. The van der Waals surface area contributed by atoms with Gasteiger partial charge >= 0.3 is 0 Å². The first-order valence-corrected chi connectivity index (χ1v) is 6.99. The molecule has 2 rings (SSSR count). The molecule has 2 aromatic carbocycles. The third-order valence-electron chi connectivity index (χ3n) is 3.19. The van der Waals surface area contributed by atoms with Crippen molar-refractivity contribution in [3.8, 4) is 11.5 Å². The molecule has 0 bridgehead atoms. The van der Waals surface area contributed by atoms with Gasteiger partial charge in [-0.15, -0.1) is 0 Å². The highest BCUT2D eigenvalue weighted by Gasteiger charge is 2.20. The molecule has 112 valence electrons. The highest BCUT2D eigenvalue weighted by Crippen LogP contribution is 2.36. The van der Waals surface area contributed by atoms with Crippen LogP contribution in [0.4, 0.5) is 0 Å². The molecule has 0 aliphatic rings. The Hall–Kier alpha value is -1.46. The standard InChI is InChI=1S/C15H16Cl2N2O2/c1-20-10-4-6-14(21-2)12(8-10)15(19-18)11-5-3-9(16)7-13(11)17/h3-8,15,19H,18H2,1-2H3. The number of benzene rings is 2. The summed E-state index contributed by atoms with van der Waals surface area (Å²) in [5.74, 6) is 7.11. The summed E-state index contributed by atoms with van der Waals surface area (Å²) in [6.07, 6.45) is 0. The monoisotopic (exact) mass is 326 g/mol. The molecule has 0 aliphatic carbocycles. The predicted molar refractivity (Wildman–Crippen MR) is 85.2 cm³/mol. The average molecular weight is 327 g/mol. The fraction of sp³-hybridized carbons (Fsp3) is 0.200. The fourth-order valence-electron chi connectivity index (χ4n) is 2.15. The average Bonchev–Trinajstić information content (AvgIpc) is 2.49. The summed E-state index contributed by atoms with van der Waals surface area (Å²) in [6.45, 7) is 0. The van der Waals surface area contributed by atoms with Gasteiger partial charge in [0.05, 0.1) is 20.3 Å². The van der Waals surface area contributed by atoms with E-state index in [4.69, 9.17) is 38.5 Å². The molecular weight excluding hydrogens is 311 g/mol. The van der Waals surface area contributed by atoms with Crippen molar-refractivity contribution in [3.05, 3.63) is 57.6 Å². The van der Waals surface area contributed by atoms with Gasteiger partial charge in [0.25, 0.3) is 0 Å². The van der Waals surface area contributed by atoms with Crippen molar-refractivity contribution in [3.63, 3.8) is 0 Å². The van der Waals surface area contributed by atoms with Gasteiger partial charge in [0, 0.05) is 15.6 Å². The maximum atomic E-state index is 6.27. The van der Waals surface area contributed by atoms with E-state index in [1.54, 1.807) is 26.4 Å². The van der Waals surface area contributed by atoms with E-state index in [0.717, 1.165) is 11.1 Å². The van der Waals surface area contributed by atoms with E-state index < -0.39 is 0 Å². The SMILES string of the molecule is COc1ccc(OC)c(C(NN)c2ccc(Cl)cc2Cl)c1. The van der Waals surface area contributed by atoms with Crippen molar-refractivity contribution in [1.29, 1.82) is 0 Å². The van der Waals surface area contributed by atoms with E-state index in [-0.39, 0.29) is 6.04 Å². The van der Waals surface area contributed by atoms with E-state index in [2.05, 4.69) is 5.43 Å². The number of ether oxygens (including phenoxy) is 2. The predicted octanol–water partition coefficient (Wildman–Crippen LogP) is 3.56. The van der Waals surface area contributed by atoms with Crippen LogP contribution in [0.1, 0.15) is 17.2 Å². The number of hydrogen-bond donors (Lipinski definition) is 2. The summed E-state index contributed by atoms with van der Waals surface area (Å²) in [4.78, 5) is 0. The summed E-state index contributed by atoms with van der Waals surface area (Å²) in [5, 5.41) is 1.09. The van der Waals surface area contributed by atoms with E-state index >= 15 is 0 Å². The van der Waals surface area contributed by atoms with Crippen molar-refractivity contribution in [1.82, 2.24) is 5.43 Å². The lowest BCUT2D eigenvalue weighted by molar-refractivity contribution is 0.394. The summed E-state index contributed by atoms with van der Waals surface area (Å²) < 4.78 is 10.6. The molecule has 0 spiro atoms. The van der Waals surface area contributed by atoms with Gasteiger partial charge in [-0.25, -0.2) is 5.43 Å². The van der Waals surface area contributed by atoms with Crippen LogP contribution in [-0.4, -0.2) is 14.2 Å². The zero-order valence-corrected chi connectivity index (χ0v) is 13.2. The van der Waals surface area contributed by atoms with Crippen LogP contribution in [0.3, 0.4) is 0 Å². The second kappa shape index (κ2) is 7.00. The number of hydrogen-bond acceptors (Lipinski definition) is 4. The lowest BCUT2D eigenvalue weighted by atomic mass is 9.98. The number of hydrazine groups is 1. The van der Waals surface area contributed by atoms with Gasteiger partial charge in [-0.05, 0) is 35.9 Å². The molecule has 0 aliphatic heterocycles. The maximum absolute atomic E-state index is 6.27. The Balaban J connectivity index is 2.54. The fourth-order valence-corrected chi connectivity index (χ4v) is 2.67. The minimum Gasteiger partial charge on any atom is -0.497 e. The van der Waals surface area contributed by atoms with Crippen molar-refractivity contribution >= 4 is 23.2 Å². The number of methoxy groups -OCH3 is 2. The molecule has 21 heavy (non-hydrogen) atoms. The molecule has 0 saturated heterocycles. The van der Waals surface area contributed by atoms with Crippen LogP contribution in [0.25, 0.3) is 0 Å². The molecule has 1 atom stereocenters. The maximum Gasteiger partial charge on any atom is 0.124 e. The Morgan fingerprint density at radius 1 is 1.00 bits per heavy atom. The molecule has 3 N–H and O–H groups in total. The van der Waals surface area contributed by atoms with E-state index in [1.807, 2.05) is 24.3 Å². The van der Waals surface area contributed by atoms with Gasteiger partial charge in [0.1, 0.15) is 11.5 Å². The summed E-state index contributed by atoms with van der Waals surface area (Å²) >= 11 is 12.2. The molecule has 0 aromatic heterocycles. The van der Waals surface area contributed by atoms with Crippen molar-refractivity contribution in [2.24, 2.45) is 5.84 Å². The highest BCUT2D eigenvalue weighted by molar-refractivity contribution is 6.35. The van der Waals surface area contributed by atoms with Gasteiger partial charge in [-0.3, -0.25) is 5.84 Å². The zero-order valence-electron chi connectivity index (χ0n) is 11.7. The van der Waals surface area contributed by atoms with Crippen molar-refractivity contribution in [2.75, 3.05) is 14.2 Å². The van der Waals surface area contributed by atoms with Crippen LogP contribution >= 0.6 is 23.2 Å². The van der Waals surface area contributed by atoms with Crippen LogP contribution in [0.5, 0.6) is 11.5 Å². The summed E-state index contributed by atoms with van der Waals surface area (Å²) in [5.41, 5.74) is 4.38. The first kappa shape index (κ1) is 15.9. The van der Waals surface area contributed by atoms with Crippen molar-refractivity contribution in [2.45, 2.75) is 6.04 Å². The number of halogens is 2. The molecule has 0 fully saturated rings. The van der Waals surface area contributed by atoms with Gasteiger partial charge in [0.2, 0.25) is 0 Å². The third kappa shape index (κ3) is 3.41. The molecule has 1 unspecified atom stereocenters. The molecular formula is C15H16Cl2N2O2. The van der Waals surface area contributed by atoms with Crippen molar-refractivity contribution < 1.29 is 9.47 Å². The van der Waals surface area contributed by atoms with Crippen LogP contribution < -0.4 is 20.7 Å². The number of nitrogens with one attached hydrogen (secondary N) is 1. The first-order valence-electron chi connectivity index (χ1n) is 6.23. The van der Waals surface area contributed by atoms with Gasteiger partial charge in [-0.1, -0.05) is 29.3 Å². The van der Waals surface area contributed by atoms with Gasteiger partial charge < -0.3 is 9.47 Å². The first-order chi connectivity index (χ1) is 10.1. The van der Waals surface area contributed by atoms with Crippen LogP contribution in [0, 0.1) is 0 Å². The minimum atomic E-state index is -0.347. The smallest absolute Gasteiger partial charge is 0.124 e. The second-order valence-corrected chi connectivity index (χ2v) is 5.22. The minimum absolute atomic E-state index is 0.347. The molecule has 6 heteroatoms. The lowest BCUT2D eigenvalue weighted by Crippen LogP contribution is -2.29. The topological polar surface area (TPSA) is 56.5 Å². The van der Waals surface area contributed by atoms with Crippen LogP contribution in [0.15, 0.2) is 36.4 Å². The van der Waals surface area contributed by atoms with E-state index in [9.17, 15) is 0 Å². The summed E-state index contributed by atoms with van der Waals surface area (Å²) in [7, 11) is 3.20. The Bertz CT molecular complexity index is 635. The van der Waals surface area contributed by atoms with E-state index in [0.29, 0.717) is 21.5 Å². The largest absolute Gasteiger partial charge is 0.497 e. The van der Waals surface area contributed by atoms with E-state index in [1.165, 1.54) is 0 Å². The molecule has 0 radical (unpaired) electrons. The highest BCUT2D eigenvalue weighted by atomic mass is 35.5. The quantitative estimate of drug-likeness (QED) is 0.651. The molecule has 2 aromatic rings. The second-order valence-electron chi connectivity index (χ2n) is 4.37. The Labute approximate surface area is 133 Å². The number of nitrogens with two attached hydrogens (primary N) is 1. The Morgan fingerprint density at radius 2 is 1.76 bits per heavy atom. The van der Waals surface area contributed by atoms with Crippen LogP contribution in [0.2, 0.25) is 10.0 Å². The van der Waals surface area contributed by atoms with Gasteiger partial charge in [0.15, 0.2) is 0 Å². The van der Waals surface area contributed by atoms with Gasteiger partial charge in [-0.2, -0.15) is 0 Å². The summed E-state index contributed by atoms with van der Waals surface area (Å²) in [6, 6.07) is 10.4. The zero-order chi connectivity index (χ0) is 15.4. The lowest BCUT2D eigenvalue weighted by Gasteiger charge is -2.21. The Morgan fingerprint density at radius 3 is 2.33 bits per heavy atom. The molecule has 0 amide bonds.